The molecule has 0 saturated carbocycles. The molecule has 0 aliphatic heterocycles. The van der Waals surface area contributed by atoms with Gasteiger partial charge in [0.2, 0.25) is 0 Å². The zero-order chi connectivity index (χ0) is 21.3. The maximum Gasteiger partial charge on any atom is 0.277 e. The highest BCUT2D eigenvalue weighted by atomic mass is 16.5. The van der Waals surface area contributed by atoms with Crippen molar-refractivity contribution in [1.82, 2.24) is 5.43 Å². The smallest absolute Gasteiger partial charge is 0.277 e. The molecule has 3 aromatic rings. The molecule has 6 nitrogen and oxygen atoms in total. The van der Waals surface area contributed by atoms with Crippen LogP contribution in [0.1, 0.15) is 18.1 Å². The molecule has 154 valence electrons. The summed E-state index contributed by atoms with van der Waals surface area (Å²) in [6.07, 6.45) is 3.67. The van der Waals surface area contributed by atoms with Gasteiger partial charge in [0.1, 0.15) is 5.75 Å². The largest absolute Gasteiger partial charge is 0.504 e. The number of phenols is 1. The summed E-state index contributed by atoms with van der Waals surface area (Å²) in [5.74, 6) is 0.709. The maximum atomic E-state index is 12.1. The second-order valence-corrected chi connectivity index (χ2v) is 6.51. The van der Waals surface area contributed by atoms with E-state index in [1.807, 2.05) is 49.4 Å². The van der Waals surface area contributed by atoms with E-state index in [1.54, 1.807) is 18.2 Å². The lowest BCUT2D eigenvalue weighted by molar-refractivity contribution is -0.123. The molecule has 0 saturated heterocycles. The number of nitrogens with zero attached hydrogens (tertiary/aromatic N) is 1. The number of hydrogen-bond acceptors (Lipinski definition) is 5. The van der Waals surface area contributed by atoms with E-state index in [1.165, 1.54) is 6.21 Å². The number of aromatic hydroxyl groups is 1. The van der Waals surface area contributed by atoms with E-state index < -0.39 is 0 Å². The molecule has 0 unspecified atom stereocenters. The van der Waals surface area contributed by atoms with Gasteiger partial charge in [-0.3, -0.25) is 4.79 Å². The summed E-state index contributed by atoms with van der Waals surface area (Å²) in [5, 5.41) is 16.2. The first kappa shape index (κ1) is 20.9. The number of benzene rings is 3. The topological polar surface area (TPSA) is 80.2 Å². The molecule has 1 amide bonds. The van der Waals surface area contributed by atoms with Crippen molar-refractivity contribution in [2.75, 3.05) is 13.2 Å². The normalized spacial score (nSPS) is 10.8. The van der Waals surface area contributed by atoms with E-state index in [9.17, 15) is 9.90 Å². The van der Waals surface area contributed by atoms with Crippen LogP contribution < -0.4 is 14.9 Å². The molecule has 3 rings (SSSR count). The summed E-state index contributed by atoms with van der Waals surface area (Å²) < 4.78 is 11.1. The molecule has 2 N–H and O–H groups in total. The summed E-state index contributed by atoms with van der Waals surface area (Å²) in [5.41, 5.74) is 3.80. The summed E-state index contributed by atoms with van der Waals surface area (Å²) in [6, 6.07) is 16.9. The molecule has 0 heterocycles. The molecule has 0 atom stereocenters. The number of carbonyl (C=O) groups is 1. The van der Waals surface area contributed by atoms with Crippen LogP contribution in [0.2, 0.25) is 0 Å². The lowest BCUT2D eigenvalue weighted by atomic mass is 10.1. The van der Waals surface area contributed by atoms with Crippen molar-refractivity contribution in [2.45, 2.75) is 13.3 Å². The number of carbonyl (C=O) groups excluding carboxylic acids is 1. The van der Waals surface area contributed by atoms with Gasteiger partial charge in [-0.05, 0) is 42.5 Å². The van der Waals surface area contributed by atoms with E-state index >= 15 is 0 Å². The highest BCUT2D eigenvalue weighted by Crippen LogP contribution is 2.32. The van der Waals surface area contributed by atoms with Crippen molar-refractivity contribution in [1.29, 1.82) is 0 Å². The van der Waals surface area contributed by atoms with Gasteiger partial charge in [0, 0.05) is 10.9 Å². The number of phenolic OH excluding ortho intramolecular Hbond substituents is 1. The van der Waals surface area contributed by atoms with Crippen LogP contribution in [0.25, 0.3) is 10.8 Å². The minimum Gasteiger partial charge on any atom is -0.504 e. The fraction of sp³-hybridized carbons (Fsp3) is 0.167. The van der Waals surface area contributed by atoms with Gasteiger partial charge < -0.3 is 14.6 Å². The third-order valence-corrected chi connectivity index (χ3v) is 4.35. The Morgan fingerprint density at radius 1 is 1.13 bits per heavy atom. The molecular weight excluding hydrogens is 380 g/mol. The zero-order valence-electron chi connectivity index (χ0n) is 16.8. The third kappa shape index (κ3) is 5.17. The predicted molar refractivity (Wildman–Crippen MR) is 118 cm³/mol. The molecule has 0 bridgehead atoms. The Morgan fingerprint density at radius 2 is 1.93 bits per heavy atom. The minimum absolute atomic E-state index is 0.0847. The van der Waals surface area contributed by atoms with Crippen LogP contribution in [0, 0.1) is 0 Å². The van der Waals surface area contributed by atoms with E-state index in [0.29, 0.717) is 35.7 Å². The van der Waals surface area contributed by atoms with Crippen LogP contribution in [-0.4, -0.2) is 30.4 Å². The number of hydrogen-bond donors (Lipinski definition) is 2. The van der Waals surface area contributed by atoms with Crippen molar-refractivity contribution >= 4 is 22.9 Å². The van der Waals surface area contributed by atoms with Crippen LogP contribution in [0.4, 0.5) is 0 Å². The molecule has 3 aromatic carbocycles. The molecular formula is C24H24N2O4. The Kier molecular flexibility index (Phi) is 7.05. The SMILES string of the molecule is C=CCc1cc(/C=N/NC(=O)COc2cccc3ccccc23)cc(OCC)c1O. The third-order valence-electron chi connectivity index (χ3n) is 4.35. The highest BCUT2D eigenvalue weighted by Gasteiger charge is 2.10. The van der Waals surface area contributed by atoms with Gasteiger partial charge in [0.25, 0.3) is 5.91 Å². The number of hydrazone groups is 1. The molecule has 0 spiro atoms. The van der Waals surface area contributed by atoms with Gasteiger partial charge in [0.05, 0.1) is 12.8 Å². The van der Waals surface area contributed by atoms with Gasteiger partial charge in [0.15, 0.2) is 18.1 Å². The molecule has 0 aromatic heterocycles. The minimum atomic E-state index is -0.380. The first-order valence-electron chi connectivity index (χ1n) is 9.64. The van der Waals surface area contributed by atoms with Crippen LogP contribution in [-0.2, 0) is 11.2 Å². The monoisotopic (exact) mass is 404 g/mol. The highest BCUT2D eigenvalue weighted by molar-refractivity contribution is 5.89. The van der Waals surface area contributed by atoms with E-state index in [-0.39, 0.29) is 18.3 Å². The Balaban J connectivity index is 1.63. The van der Waals surface area contributed by atoms with Crippen molar-refractivity contribution in [3.8, 4) is 17.2 Å². The standard InChI is InChI=1S/C24H24N2O4/c1-3-8-19-13-17(14-22(24(19)28)29-4-2)15-25-26-23(27)16-30-21-12-7-10-18-9-5-6-11-20(18)21/h3,5-7,9-15,28H,1,4,8,16H2,2H3,(H,26,27)/b25-15+. The van der Waals surface area contributed by atoms with Crippen LogP contribution in [0.5, 0.6) is 17.2 Å². The summed E-state index contributed by atoms with van der Waals surface area (Å²) in [7, 11) is 0. The lowest BCUT2D eigenvalue weighted by Crippen LogP contribution is -2.24. The van der Waals surface area contributed by atoms with Gasteiger partial charge in [-0.2, -0.15) is 5.10 Å². The lowest BCUT2D eigenvalue weighted by Gasteiger charge is -2.11. The van der Waals surface area contributed by atoms with Crippen LogP contribution >= 0.6 is 0 Å². The Labute approximate surface area is 175 Å². The molecule has 6 heteroatoms. The predicted octanol–water partition coefficient (Wildman–Crippen LogP) is 4.20. The van der Waals surface area contributed by atoms with Crippen molar-refractivity contribution < 1.29 is 19.4 Å². The van der Waals surface area contributed by atoms with E-state index in [4.69, 9.17) is 9.47 Å². The first-order chi connectivity index (χ1) is 14.6. The summed E-state index contributed by atoms with van der Waals surface area (Å²) in [4.78, 5) is 12.1. The second kappa shape index (κ2) is 10.1. The van der Waals surface area contributed by atoms with Crippen LogP contribution in [0.15, 0.2) is 72.4 Å². The quantitative estimate of drug-likeness (QED) is 0.318. The Hall–Kier alpha value is -3.80. The molecule has 0 aliphatic carbocycles. The number of fused-ring (bicyclic) bond motifs is 1. The molecule has 0 radical (unpaired) electrons. The maximum absolute atomic E-state index is 12.1. The number of ether oxygens (including phenoxy) is 2. The Bertz CT molecular complexity index is 1070. The fourth-order valence-corrected chi connectivity index (χ4v) is 3.02. The molecule has 0 fully saturated rings. The van der Waals surface area contributed by atoms with Crippen molar-refractivity contribution in [2.24, 2.45) is 5.10 Å². The van der Waals surface area contributed by atoms with Crippen LogP contribution in [0.3, 0.4) is 0 Å². The number of rotatable bonds is 9. The zero-order valence-corrected chi connectivity index (χ0v) is 16.8. The first-order valence-corrected chi connectivity index (χ1v) is 9.64. The van der Waals surface area contributed by atoms with Gasteiger partial charge in [-0.1, -0.05) is 42.5 Å². The summed E-state index contributed by atoms with van der Waals surface area (Å²) in [6.45, 7) is 5.79. The van der Waals surface area contributed by atoms with Crippen molar-refractivity contribution in [3.63, 3.8) is 0 Å². The average molecular weight is 404 g/mol. The average Bonchev–Trinajstić information content (AvgIpc) is 2.75. The fourth-order valence-electron chi connectivity index (χ4n) is 3.02. The summed E-state index contributed by atoms with van der Waals surface area (Å²) >= 11 is 0. The number of nitrogens with one attached hydrogen (secondary N) is 1. The van der Waals surface area contributed by atoms with Gasteiger partial charge in [-0.25, -0.2) is 5.43 Å². The number of allylic oxidation sites excluding steroid dienone is 1. The van der Waals surface area contributed by atoms with E-state index in [0.717, 1.165) is 10.8 Å². The van der Waals surface area contributed by atoms with E-state index in [2.05, 4.69) is 17.1 Å². The Morgan fingerprint density at radius 3 is 2.73 bits per heavy atom. The van der Waals surface area contributed by atoms with Gasteiger partial charge >= 0.3 is 0 Å². The second-order valence-electron chi connectivity index (χ2n) is 6.51. The van der Waals surface area contributed by atoms with Crippen molar-refractivity contribution in [3.05, 3.63) is 78.4 Å². The number of amides is 1. The molecule has 30 heavy (non-hydrogen) atoms. The molecule has 0 aliphatic rings. The van der Waals surface area contributed by atoms with Gasteiger partial charge in [-0.15, -0.1) is 6.58 Å².